The summed E-state index contributed by atoms with van der Waals surface area (Å²) in [5.74, 6) is 0. The summed E-state index contributed by atoms with van der Waals surface area (Å²) in [6, 6.07) is 0. The van der Waals surface area contributed by atoms with Crippen LogP contribution in [0.2, 0.25) is 5.02 Å². The fourth-order valence-corrected chi connectivity index (χ4v) is 2.67. The summed E-state index contributed by atoms with van der Waals surface area (Å²) in [7, 11) is 5.71. The molecule has 1 aliphatic heterocycles. The Labute approximate surface area is 123 Å². The van der Waals surface area contributed by atoms with Crippen LogP contribution in [-0.4, -0.2) is 54.1 Å². The summed E-state index contributed by atoms with van der Waals surface area (Å²) in [6.45, 7) is 2.21. The highest BCUT2D eigenvalue weighted by molar-refractivity contribution is 6.32. The van der Waals surface area contributed by atoms with Gasteiger partial charge < -0.3 is 15.0 Å². The van der Waals surface area contributed by atoms with E-state index in [9.17, 15) is 4.79 Å². The first-order valence-electron chi connectivity index (χ1n) is 6.67. The molecule has 1 aromatic rings. The van der Waals surface area contributed by atoms with Gasteiger partial charge in [-0.3, -0.25) is 4.79 Å². The molecule has 1 aromatic heterocycles. The molecule has 112 valence electrons. The van der Waals surface area contributed by atoms with Gasteiger partial charge in [0.2, 0.25) is 0 Å². The molecule has 0 radical (unpaired) electrons. The molecule has 7 heteroatoms. The molecule has 0 bridgehead atoms. The van der Waals surface area contributed by atoms with Crippen LogP contribution in [0.1, 0.15) is 12.8 Å². The van der Waals surface area contributed by atoms with E-state index in [1.54, 1.807) is 13.2 Å². The fourth-order valence-electron chi connectivity index (χ4n) is 2.43. The lowest BCUT2D eigenvalue weighted by atomic mass is 9.88. The van der Waals surface area contributed by atoms with E-state index in [4.69, 9.17) is 16.3 Å². The van der Waals surface area contributed by atoms with Crippen molar-refractivity contribution in [2.75, 3.05) is 39.2 Å². The molecule has 2 heterocycles. The molecule has 0 saturated carbocycles. The van der Waals surface area contributed by atoms with Crippen molar-refractivity contribution in [1.82, 2.24) is 14.7 Å². The average Bonchev–Trinajstić information content (AvgIpc) is 2.45. The number of rotatable bonds is 4. The SMILES string of the molecule is CN(C)C1(CNc2cnn(C)c(=O)c2Cl)CCOCC1. The van der Waals surface area contributed by atoms with Crippen LogP contribution in [0.15, 0.2) is 11.0 Å². The number of ether oxygens (including phenoxy) is 1. The second-order valence-corrected chi connectivity index (χ2v) is 5.76. The number of likely N-dealkylation sites (N-methyl/N-ethyl adjacent to an activating group) is 1. The normalized spacial score (nSPS) is 18.2. The number of nitrogens with one attached hydrogen (secondary N) is 1. The lowest BCUT2D eigenvalue weighted by molar-refractivity contribution is -0.000631. The lowest BCUT2D eigenvalue weighted by Crippen LogP contribution is -2.53. The molecule has 2 rings (SSSR count). The van der Waals surface area contributed by atoms with Gasteiger partial charge in [-0.15, -0.1) is 0 Å². The van der Waals surface area contributed by atoms with Crippen LogP contribution in [0.3, 0.4) is 0 Å². The first kappa shape index (κ1) is 15.3. The van der Waals surface area contributed by atoms with Crippen molar-refractivity contribution in [2.45, 2.75) is 18.4 Å². The van der Waals surface area contributed by atoms with Gasteiger partial charge in [0.25, 0.3) is 5.56 Å². The van der Waals surface area contributed by atoms with Crippen LogP contribution < -0.4 is 10.9 Å². The largest absolute Gasteiger partial charge is 0.381 e. The van der Waals surface area contributed by atoms with E-state index in [0.29, 0.717) is 12.2 Å². The third kappa shape index (κ3) is 2.97. The van der Waals surface area contributed by atoms with E-state index in [-0.39, 0.29) is 16.1 Å². The van der Waals surface area contributed by atoms with Gasteiger partial charge in [-0.25, -0.2) is 4.68 Å². The van der Waals surface area contributed by atoms with Gasteiger partial charge in [-0.05, 0) is 26.9 Å². The highest BCUT2D eigenvalue weighted by Gasteiger charge is 2.34. The molecule has 0 spiro atoms. The maximum absolute atomic E-state index is 11.8. The van der Waals surface area contributed by atoms with Crippen molar-refractivity contribution in [1.29, 1.82) is 0 Å². The standard InChI is InChI=1S/C13H21ClN4O2/c1-17(2)13(4-6-20-7-5-13)9-15-10-8-16-18(3)12(19)11(10)14/h8,15H,4-7,9H2,1-3H3. The Morgan fingerprint density at radius 3 is 2.75 bits per heavy atom. The quantitative estimate of drug-likeness (QED) is 0.897. The lowest BCUT2D eigenvalue weighted by Gasteiger charge is -2.43. The Kier molecular flexibility index (Phi) is 4.67. The van der Waals surface area contributed by atoms with Crippen molar-refractivity contribution in [2.24, 2.45) is 7.05 Å². The van der Waals surface area contributed by atoms with Crippen molar-refractivity contribution < 1.29 is 4.74 Å². The van der Waals surface area contributed by atoms with E-state index in [2.05, 4.69) is 29.4 Å². The van der Waals surface area contributed by atoms with Crippen LogP contribution in [0.4, 0.5) is 5.69 Å². The van der Waals surface area contributed by atoms with Crippen molar-refractivity contribution >= 4 is 17.3 Å². The number of hydrogen-bond acceptors (Lipinski definition) is 5. The van der Waals surface area contributed by atoms with Crippen LogP contribution in [0.5, 0.6) is 0 Å². The Bertz CT molecular complexity index is 524. The minimum atomic E-state index is -0.289. The maximum atomic E-state index is 11.8. The minimum absolute atomic E-state index is 0.0165. The Morgan fingerprint density at radius 1 is 1.50 bits per heavy atom. The molecule has 0 amide bonds. The van der Waals surface area contributed by atoms with Crippen LogP contribution >= 0.6 is 11.6 Å². The molecule has 1 aliphatic rings. The van der Waals surface area contributed by atoms with Gasteiger partial charge in [0.15, 0.2) is 0 Å². The Hall–Kier alpha value is -1.11. The molecule has 1 N–H and O–H groups in total. The summed E-state index contributed by atoms with van der Waals surface area (Å²) in [5.41, 5.74) is 0.313. The van der Waals surface area contributed by atoms with Crippen molar-refractivity contribution in [3.8, 4) is 0 Å². The van der Waals surface area contributed by atoms with E-state index < -0.39 is 0 Å². The zero-order chi connectivity index (χ0) is 14.8. The predicted molar refractivity (Wildman–Crippen MR) is 79.4 cm³/mol. The number of halogens is 1. The third-order valence-electron chi connectivity index (χ3n) is 4.06. The van der Waals surface area contributed by atoms with E-state index in [1.807, 2.05) is 0 Å². The summed E-state index contributed by atoms with van der Waals surface area (Å²) in [5, 5.41) is 7.44. The first-order chi connectivity index (χ1) is 9.46. The molecule has 0 atom stereocenters. The highest BCUT2D eigenvalue weighted by Crippen LogP contribution is 2.27. The minimum Gasteiger partial charge on any atom is -0.381 e. The van der Waals surface area contributed by atoms with E-state index in [0.717, 1.165) is 26.1 Å². The number of anilines is 1. The summed E-state index contributed by atoms with van der Waals surface area (Å²) < 4.78 is 6.67. The monoisotopic (exact) mass is 300 g/mol. The summed E-state index contributed by atoms with van der Waals surface area (Å²) >= 11 is 6.07. The number of aromatic nitrogens is 2. The third-order valence-corrected chi connectivity index (χ3v) is 4.42. The van der Waals surface area contributed by atoms with Gasteiger partial charge in [0, 0.05) is 32.3 Å². The van der Waals surface area contributed by atoms with E-state index >= 15 is 0 Å². The smallest absolute Gasteiger partial charge is 0.287 e. The summed E-state index contributed by atoms with van der Waals surface area (Å²) in [4.78, 5) is 14.0. The molecule has 0 unspecified atom stereocenters. The molecule has 0 aromatic carbocycles. The molecule has 1 fully saturated rings. The number of nitrogens with zero attached hydrogens (tertiary/aromatic N) is 3. The van der Waals surface area contributed by atoms with Crippen molar-refractivity contribution in [3.63, 3.8) is 0 Å². The summed E-state index contributed by atoms with van der Waals surface area (Å²) in [6.07, 6.45) is 3.48. The van der Waals surface area contributed by atoms with E-state index in [1.165, 1.54) is 4.68 Å². The number of aryl methyl sites for hydroxylation is 1. The molecule has 20 heavy (non-hydrogen) atoms. The Morgan fingerprint density at radius 2 is 2.15 bits per heavy atom. The maximum Gasteiger partial charge on any atom is 0.287 e. The van der Waals surface area contributed by atoms with Crippen molar-refractivity contribution in [3.05, 3.63) is 21.6 Å². The molecular weight excluding hydrogens is 280 g/mol. The second kappa shape index (κ2) is 6.11. The second-order valence-electron chi connectivity index (χ2n) is 5.39. The average molecular weight is 301 g/mol. The van der Waals surface area contributed by atoms with Gasteiger partial charge in [-0.2, -0.15) is 5.10 Å². The molecule has 1 saturated heterocycles. The zero-order valence-corrected chi connectivity index (χ0v) is 12.9. The van der Waals surface area contributed by atoms with Gasteiger partial charge >= 0.3 is 0 Å². The molecule has 0 aliphatic carbocycles. The van der Waals surface area contributed by atoms with Gasteiger partial charge in [0.1, 0.15) is 5.02 Å². The zero-order valence-electron chi connectivity index (χ0n) is 12.1. The fraction of sp³-hybridized carbons (Fsp3) is 0.692. The molecule has 6 nitrogen and oxygen atoms in total. The Balaban J connectivity index is 2.14. The highest BCUT2D eigenvalue weighted by atomic mass is 35.5. The van der Waals surface area contributed by atoms with Gasteiger partial charge in [0.05, 0.1) is 11.9 Å². The number of hydrogen-bond donors (Lipinski definition) is 1. The van der Waals surface area contributed by atoms with Crippen LogP contribution in [-0.2, 0) is 11.8 Å². The first-order valence-corrected chi connectivity index (χ1v) is 7.05. The van der Waals surface area contributed by atoms with Crippen LogP contribution in [0.25, 0.3) is 0 Å². The van der Waals surface area contributed by atoms with Crippen LogP contribution in [0, 0.1) is 0 Å². The topological polar surface area (TPSA) is 59.4 Å². The van der Waals surface area contributed by atoms with Gasteiger partial charge in [-0.1, -0.05) is 11.6 Å². The predicted octanol–water partition coefficient (Wildman–Crippen LogP) is 0.956. The molecular formula is C13H21ClN4O2.